The number of carbonyl (C=O) groups excluding carboxylic acids is 2. The van der Waals surface area contributed by atoms with Gasteiger partial charge in [0.2, 0.25) is 21.8 Å². The smallest absolute Gasteiger partial charge is 0.241 e. The summed E-state index contributed by atoms with van der Waals surface area (Å²) in [6.07, 6.45) is 5.07. The van der Waals surface area contributed by atoms with Crippen LogP contribution in [0.1, 0.15) is 51.9 Å². The third-order valence-electron chi connectivity index (χ3n) is 4.92. The molecule has 0 heterocycles. The van der Waals surface area contributed by atoms with E-state index in [1.807, 2.05) is 6.92 Å². The summed E-state index contributed by atoms with van der Waals surface area (Å²) >= 11 is 0. The second-order valence-electron chi connectivity index (χ2n) is 7.02. The molecule has 150 valence electrons. The zero-order valence-electron chi connectivity index (χ0n) is 15.7. The Bertz CT molecular complexity index is 714. The highest BCUT2D eigenvalue weighted by Crippen LogP contribution is 2.28. The lowest BCUT2D eigenvalue weighted by atomic mass is 9.82. The van der Waals surface area contributed by atoms with E-state index in [2.05, 4.69) is 15.6 Å². The fourth-order valence-electron chi connectivity index (χ4n) is 3.17. The van der Waals surface area contributed by atoms with Crippen LogP contribution in [0.4, 0.5) is 0 Å². The third kappa shape index (κ3) is 6.95. The normalized spacial score (nSPS) is 20.0. The lowest BCUT2D eigenvalue weighted by molar-refractivity contribution is -0.132. The van der Waals surface area contributed by atoms with Crippen LogP contribution in [0, 0.1) is 11.8 Å². The number of sulfonamides is 1. The molecule has 0 aromatic heterocycles. The zero-order chi connectivity index (χ0) is 19.7. The van der Waals surface area contributed by atoms with Crippen LogP contribution < -0.4 is 15.6 Å². The van der Waals surface area contributed by atoms with Gasteiger partial charge < -0.3 is 0 Å². The van der Waals surface area contributed by atoms with Crippen LogP contribution in [0.5, 0.6) is 0 Å². The van der Waals surface area contributed by atoms with E-state index in [1.54, 1.807) is 30.3 Å². The van der Waals surface area contributed by atoms with Crippen molar-refractivity contribution >= 4 is 21.8 Å². The molecule has 1 aliphatic carbocycles. The van der Waals surface area contributed by atoms with E-state index in [0.29, 0.717) is 25.8 Å². The quantitative estimate of drug-likeness (QED) is 0.586. The van der Waals surface area contributed by atoms with E-state index in [4.69, 9.17) is 0 Å². The minimum atomic E-state index is -3.49. The molecular formula is C19H29N3O4S. The summed E-state index contributed by atoms with van der Waals surface area (Å²) in [4.78, 5) is 24.0. The maximum absolute atomic E-state index is 12.3. The molecule has 0 unspecified atom stereocenters. The predicted octanol–water partition coefficient (Wildman–Crippen LogP) is 2.11. The first-order chi connectivity index (χ1) is 12.9. The highest BCUT2D eigenvalue weighted by molar-refractivity contribution is 7.89. The molecule has 0 saturated heterocycles. The number of rotatable bonds is 8. The fourth-order valence-corrected chi connectivity index (χ4v) is 4.31. The Morgan fingerprint density at radius 3 is 2.33 bits per heavy atom. The van der Waals surface area contributed by atoms with Gasteiger partial charge >= 0.3 is 0 Å². The second kappa shape index (κ2) is 10.4. The maximum Gasteiger partial charge on any atom is 0.241 e. The van der Waals surface area contributed by atoms with Gasteiger partial charge in [0.05, 0.1) is 4.90 Å². The lowest BCUT2D eigenvalue weighted by Gasteiger charge is -2.27. The van der Waals surface area contributed by atoms with Crippen molar-refractivity contribution < 1.29 is 18.0 Å². The van der Waals surface area contributed by atoms with Crippen molar-refractivity contribution in [1.82, 2.24) is 15.6 Å². The zero-order valence-corrected chi connectivity index (χ0v) is 16.6. The minimum absolute atomic E-state index is 0.140. The Kier molecular flexibility index (Phi) is 8.24. The van der Waals surface area contributed by atoms with Crippen LogP contribution in [-0.2, 0) is 19.6 Å². The summed E-state index contributed by atoms with van der Waals surface area (Å²) in [6, 6.07) is 8.30. The molecule has 3 N–H and O–H groups in total. The molecular weight excluding hydrogens is 366 g/mol. The van der Waals surface area contributed by atoms with Gasteiger partial charge in [-0.25, -0.2) is 13.1 Å². The molecule has 1 aromatic rings. The number of hydrogen-bond acceptors (Lipinski definition) is 4. The number of carbonyl (C=O) groups is 2. The Labute approximate surface area is 161 Å². The fraction of sp³-hybridized carbons (Fsp3) is 0.579. The number of benzene rings is 1. The van der Waals surface area contributed by atoms with E-state index in [0.717, 1.165) is 25.7 Å². The average Bonchev–Trinajstić information content (AvgIpc) is 2.70. The molecule has 1 fully saturated rings. The van der Waals surface area contributed by atoms with Crippen LogP contribution in [-0.4, -0.2) is 26.8 Å². The molecule has 0 aliphatic heterocycles. The number of unbranched alkanes of at least 4 members (excludes halogenated alkanes) is 1. The number of hydrogen-bond donors (Lipinski definition) is 3. The van der Waals surface area contributed by atoms with Crippen LogP contribution in [0.25, 0.3) is 0 Å². The first kappa shape index (κ1) is 21.4. The number of nitrogens with one attached hydrogen (secondary N) is 3. The first-order valence-electron chi connectivity index (χ1n) is 9.55. The molecule has 7 nitrogen and oxygen atoms in total. The van der Waals surface area contributed by atoms with Crippen LogP contribution in [0.2, 0.25) is 0 Å². The molecule has 8 heteroatoms. The van der Waals surface area contributed by atoms with E-state index in [9.17, 15) is 18.0 Å². The second-order valence-corrected chi connectivity index (χ2v) is 8.79. The molecule has 2 amide bonds. The summed E-state index contributed by atoms with van der Waals surface area (Å²) in [5.74, 6) is -0.262. The topological polar surface area (TPSA) is 104 Å². The maximum atomic E-state index is 12.3. The van der Waals surface area contributed by atoms with Gasteiger partial charge in [-0.1, -0.05) is 31.5 Å². The summed E-state index contributed by atoms with van der Waals surface area (Å²) in [6.45, 7) is 2.38. The van der Waals surface area contributed by atoms with Gasteiger partial charge in [0.15, 0.2) is 0 Å². The Morgan fingerprint density at radius 2 is 1.70 bits per heavy atom. The van der Waals surface area contributed by atoms with Crippen molar-refractivity contribution in [3.05, 3.63) is 30.3 Å². The van der Waals surface area contributed by atoms with Gasteiger partial charge in [-0.3, -0.25) is 20.4 Å². The molecule has 0 atom stereocenters. The van der Waals surface area contributed by atoms with E-state index >= 15 is 0 Å². The van der Waals surface area contributed by atoms with Crippen LogP contribution in [0.15, 0.2) is 35.2 Å². The molecule has 2 rings (SSSR count). The monoisotopic (exact) mass is 395 g/mol. The minimum Gasteiger partial charge on any atom is -0.273 e. The standard InChI is InChI=1S/C19H29N3O4S/c1-2-3-9-18(23)21-22-19(24)16-12-10-15(11-13-16)14-20-27(25,26)17-7-5-4-6-8-17/h4-8,15-16,20H,2-3,9-14H2,1H3,(H,21,23)(H,22,24). The average molecular weight is 396 g/mol. The van der Waals surface area contributed by atoms with Crippen molar-refractivity contribution in [2.75, 3.05) is 6.54 Å². The molecule has 1 aromatic carbocycles. The third-order valence-corrected chi connectivity index (χ3v) is 6.36. The van der Waals surface area contributed by atoms with Gasteiger partial charge in [-0.05, 0) is 50.2 Å². The summed E-state index contributed by atoms with van der Waals surface area (Å²) < 4.78 is 27.2. The van der Waals surface area contributed by atoms with Gasteiger partial charge in [-0.15, -0.1) is 0 Å². The molecule has 1 aliphatic rings. The number of hydrazine groups is 1. The van der Waals surface area contributed by atoms with Crippen molar-refractivity contribution in [3.8, 4) is 0 Å². The van der Waals surface area contributed by atoms with E-state index in [1.165, 1.54) is 0 Å². The Balaban J connectivity index is 1.70. The van der Waals surface area contributed by atoms with Crippen LogP contribution in [0.3, 0.4) is 0 Å². The highest BCUT2D eigenvalue weighted by Gasteiger charge is 2.27. The van der Waals surface area contributed by atoms with E-state index < -0.39 is 10.0 Å². The van der Waals surface area contributed by atoms with Crippen molar-refractivity contribution in [2.45, 2.75) is 56.8 Å². The van der Waals surface area contributed by atoms with Gasteiger partial charge in [0.25, 0.3) is 0 Å². The van der Waals surface area contributed by atoms with Crippen molar-refractivity contribution in [3.63, 3.8) is 0 Å². The molecule has 1 saturated carbocycles. The summed E-state index contributed by atoms with van der Waals surface area (Å²) in [5.41, 5.74) is 4.96. The summed E-state index contributed by atoms with van der Waals surface area (Å²) in [7, 11) is -3.49. The molecule has 0 radical (unpaired) electrons. The predicted molar refractivity (Wildman–Crippen MR) is 103 cm³/mol. The van der Waals surface area contributed by atoms with Crippen molar-refractivity contribution in [1.29, 1.82) is 0 Å². The lowest BCUT2D eigenvalue weighted by Crippen LogP contribution is -2.45. The molecule has 27 heavy (non-hydrogen) atoms. The Hall–Kier alpha value is -1.93. The highest BCUT2D eigenvalue weighted by atomic mass is 32.2. The first-order valence-corrected chi connectivity index (χ1v) is 11.0. The van der Waals surface area contributed by atoms with E-state index in [-0.39, 0.29) is 28.5 Å². The molecule has 0 bridgehead atoms. The van der Waals surface area contributed by atoms with Gasteiger partial charge in [-0.2, -0.15) is 0 Å². The Morgan fingerprint density at radius 1 is 1.04 bits per heavy atom. The largest absolute Gasteiger partial charge is 0.273 e. The van der Waals surface area contributed by atoms with Crippen LogP contribution >= 0.6 is 0 Å². The molecule has 0 spiro atoms. The van der Waals surface area contributed by atoms with Crippen molar-refractivity contribution in [2.24, 2.45) is 11.8 Å². The summed E-state index contributed by atoms with van der Waals surface area (Å²) in [5, 5.41) is 0. The number of amides is 2. The SMILES string of the molecule is CCCCC(=O)NNC(=O)C1CCC(CNS(=O)(=O)c2ccccc2)CC1. The van der Waals surface area contributed by atoms with Gasteiger partial charge in [0.1, 0.15) is 0 Å². The van der Waals surface area contributed by atoms with Gasteiger partial charge in [0, 0.05) is 18.9 Å².